The number of rotatable bonds is 4. The van der Waals surface area contributed by atoms with Gasteiger partial charge in [0.15, 0.2) is 0 Å². The van der Waals surface area contributed by atoms with Crippen LogP contribution in [0.2, 0.25) is 5.02 Å². The molecule has 1 heterocycles. The number of halogens is 2. The molecule has 0 radical (unpaired) electrons. The molecule has 0 saturated carbocycles. The number of benzene rings is 2. The van der Waals surface area contributed by atoms with E-state index >= 15 is 0 Å². The van der Waals surface area contributed by atoms with Crippen LogP contribution in [-0.2, 0) is 24.4 Å². The van der Waals surface area contributed by atoms with Gasteiger partial charge in [0.25, 0.3) is 0 Å². The van der Waals surface area contributed by atoms with Crippen molar-refractivity contribution in [3.05, 3.63) is 69.5 Å². The molecule has 2 aromatic carbocycles. The zero-order chi connectivity index (χ0) is 14.8. The van der Waals surface area contributed by atoms with Gasteiger partial charge < -0.3 is 10.1 Å². The van der Waals surface area contributed by atoms with E-state index in [4.69, 9.17) is 16.3 Å². The first-order valence-corrected chi connectivity index (χ1v) is 7.36. The Morgan fingerprint density at radius 2 is 2.00 bits per heavy atom. The molecule has 0 spiro atoms. The van der Waals surface area contributed by atoms with Gasteiger partial charge in [0, 0.05) is 6.04 Å². The summed E-state index contributed by atoms with van der Waals surface area (Å²) in [5, 5.41) is 3.49. The molecular weight excluding hydrogens is 289 g/mol. The van der Waals surface area contributed by atoms with Crippen LogP contribution in [0.1, 0.15) is 28.3 Å². The lowest BCUT2D eigenvalue weighted by Gasteiger charge is -2.18. The van der Waals surface area contributed by atoms with E-state index < -0.39 is 0 Å². The summed E-state index contributed by atoms with van der Waals surface area (Å²) in [4.78, 5) is 0. The second-order valence-electron chi connectivity index (χ2n) is 5.31. The highest BCUT2D eigenvalue weighted by Gasteiger charge is 2.16. The van der Waals surface area contributed by atoms with E-state index in [1.165, 1.54) is 22.8 Å². The number of ether oxygens (including phenoxy) is 1. The number of fused-ring (bicyclic) bond motifs is 1. The van der Waals surface area contributed by atoms with Gasteiger partial charge in [-0.1, -0.05) is 35.9 Å². The number of hydrogen-bond acceptors (Lipinski definition) is 2. The Bertz CT molecular complexity index is 659. The number of likely N-dealkylation sites (N-methyl/N-ethyl adjacent to an activating group) is 1. The van der Waals surface area contributed by atoms with Crippen molar-refractivity contribution >= 4 is 11.6 Å². The van der Waals surface area contributed by atoms with Crippen LogP contribution >= 0.6 is 11.6 Å². The SMILES string of the molecule is CNC(Cc1ccc(F)c(Cl)c1)c1ccc2c(c1)COC2. The van der Waals surface area contributed by atoms with Crippen LogP contribution in [0, 0.1) is 5.82 Å². The van der Waals surface area contributed by atoms with Crippen molar-refractivity contribution < 1.29 is 9.13 Å². The normalized spacial score (nSPS) is 15.0. The number of nitrogens with one attached hydrogen (secondary N) is 1. The van der Waals surface area contributed by atoms with Gasteiger partial charge in [-0.15, -0.1) is 0 Å². The summed E-state index contributed by atoms with van der Waals surface area (Å²) in [6.45, 7) is 1.38. The first kappa shape index (κ1) is 14.5. The van der Waals surface area contributed by atoms with Gasteiger partial charge in [0.1, 0.15) is 5.82 Å². The van der Waals surface area contributed by atoms with E-state index in [9.17, 15) is 4.39 Å². The fourth-order valence-electron chi connectivity index (χ4n) is 2.70. The highest BCUT2D eigenvalue weighted by molar-refractivity contribution is 6.30. The Hall–Kier alpha value is -1.42. The van der Waals surface area contributed by atoms with Crippen molar-refractivity contribution in [2.24, 2.45) is 0 Å². The monoisotopic (exact) mass is 305 g/mol. The standard InChI is InChI=1S/C17H17ClFNO/c1-20-17(7-11-2-5-16(19)15(18)6-11)12-3-4-13-9-21-10-14(13)8-12/h2-6,8,17,20H,7,9-10H2,1H3. The minimum atomic E-state index is -0.379. The summed E-state index contributed by atoms with van der Waals surface area (Å²) in [5.41, 5.74) is 4.74. The first-order chi connectivity index (χ1) is 10.2. The molecular formula is C17H17ClFNO. The van der Waals surface area contributed by atoms with E-state index in [2.05, 4.69) is 23.5 Å². The molecule has 4 heteroatoms. The molecule has 0 aromatic heterocycles. The van der Waals surface area contributed by atoms with E-state index in [0.29, 0.717) is 13.2 Å². The summed E-state index contributed by atoms with van der Waals surface area (Å²) < 4.78 is 18.7. The average Bonchev–Trinajstić information content (AvgIpc) is 2.95. The summed E-state index contributed by atoms with van der Waals surface area (Å²) >= 11 is 5.85. The molecule has 2 nitrogen and oxygen atoms in total. The molecule has 2 aromatic rings. The lowest BCUT2D eigenvalue weighted by molar-refractivity contribution is 0.134. The number of hydrogen-bond donors (Lipinski definition) is 1. The summed E-state index contributed by atoms with van der Waals surface area (Å²) in [5.74, 6) is -0.379. The molecule has 1 N–H and O–H groups in total. The van der Waals surface area contributed by atoms with Crippen LogP contribution in [0.3, 0.4) is 0 Å². The Labute approximate surface area is 128 Å². The van der Waals surface area contributed by atoms with Crippen molar-refractivity contribution in [2.75, 3.05) is 7.05 Å². The minimum absolute atomic E-state index is 0.164. The average molecular weight is 306 g/mol. The quantitative estimate of drug-likeness (QED) is 0.921. The van der Waals surface area contributed by atoms with E-state index in [0.717, 1.165) is 12.0 Å². The molecule has 0 fully saturated rings. The predicted octanol–water partition coefficient (Wildman–Crippen LogP) is 4.01. The van der Waals surface area contributed by atoms with E-state index in [1.807, 2.05) is 7.05 Å². The van der Waals surface area contributed by atoms with Crippen LogP contribution in [-0.4, -0.2) is 7.05 Å². The molecule has 0 amide bonds. The van der Waals surface area contributed by atoms with Crippen molar-refractivity contribution in [3.63, 3.8) is 0 Å². The van der Waals surface area contributed by atoms with Gasteiger partial charge in [-0.3, -0.25) is 0 Å². The molecule has 3 rings (SSSR count). The fourth-order valence-corrected chi connectivity index (χ4v) is 2.90. The zero-order valence-corrected chi connectivity index (χ0v) is 12.6. The van der Waals surface area contributed by atoms with Crippen molar-refractivity contribution in [1.82, 2.24) is 5.32 Å². The fraction of sp³-hybridized carbons (Fsp3) is 0.294. The maximum absolute atomic E-state index is 13.2. The summed E-state index contributed by atoms with van der Waals surface area (Å²) in [7, 11) is 1.93. The maximum atomic E-state index is 13.2. The van der Waals surface area contributed by atoms with Crippen molar-refractivity contribution in [1.29, 1.82) is 0 Å². The minimum Gasteiger partial charge on any atom is -0.372 e. The molecule has 0 aliphatic carbocycles. The molecule has 1 aliphatic rings. The van der Waals surface area contributed by atoms with Gasteiger partial charge in [-0.25, -0.2) is 4.39 Å². The van der Waals surface area contributed by atoms with Crippen LogP contribution in [0.25, 0.3) is 0 Å². The molecule has 0 bridgehead atoms. The smallest absolute Gasteiger partial charge is 0.141 e. The lowest BCUT2D eigenvalue weighted by Crippen LogP contribution is -2.19. The molecule has 1 atom stereocenters. The van der Waals surface area contributed by atoms with Crippen LogP contribution < -0.4 is 5.32 Å². The van der Waals surface area contributed by atoms with Crippen molar-refractivity contribution in [3.8, 4) is 0 Å². The topological polar surface area (TPSA) is 21.3 Å². The molecule has 0 saturated heterocycles. The molecule has 21 heavy (non-hydrogen) atoms. The molecule has 1 unspecified atom stereocenters. The predicted molar refractivity (Wildman–Crippen MR) is 81.8 cm³/mol. The van der Waals surface area contributed by atoms with Crippen molar-refractivity contribution in [2.45, 2.75) is 25.7 Å². The van der Waals surface area contributed by atoms with Gasteiger partial charge in [0.05, 0.1) is 18.2 Å². The van der Waals surface area contributed by atoms with E-state index in [1.54, 1.807) is 12.1 Å². The molecule has 1 aliphatic heterocycles. The highest BCUT2D eigenvalue weighted by atomic mass is 35.5. The Morgan fingerprint density at radius 3 is 2.76 bits per heavy atom. The van der Waals surface area contributed by atoms with Gasteiger partial charge in [-0.2, -0.15) is 0 Å². The van der Waals surface area contributed by atoms with Gasteiger partial charge >= 0.3 is 0 Å². The van der Waals surface area contributed by atoms with Crippen LogP contribution in [0.4, 0.5) is 4.39 Å². The highest BCUT2D eigenvalue weighted by Crippen LogP contribution is 2.26. The largest absolute Gasteiger partial charge is 0.372 e. The Morgan fingerprint density at radius 1 is 1.19 bits per heavy atom. The second-order valence-corrected chi connectivity index (χ2v) is 5.72. The third-order valence-electron chi connectivity index (χ3n) is 3.92. The third-order valence-corrected chi connectivity index (χ3v) is 4.21. The first-order valence-electron chi connectivity index (χ1n) is 6.98. The van der Waals surface area contributed by atoms with Crippen LogP contribution in [0.15, 0.2) is 36.4 Å². The second kappa shape index (κ2) is 6.14. The maximum Gasteiger partial charge on any atom is 0.141 e. The third kappa shape index (κ3) is 3.10. The summed E-state index contributed by atoms with van der Waals surface area (Å²) in [6, 6.07) is 11.5. The molecule has 110 valence electrons. The van der Waals surface area contributed by atoms with E-state index in [-0.39, 0.29) is 16.9 Å². The van der Waals surface area contributed by atoms with Crippen LogP contribution in [0.5, 0.6) is 0 Å². The van der Waals surface area contributed by atoms with Gasteiger partial charge in [0.2, 0.25) is 0 Å². The van der Waals surface area contributed by atoms with Gasteiger partial charge in [-0.05, 0) is 47.9 Å². The Kier molecular flexibility index (Phi) is 4.24. The Balaban J connectivity index is 1.83. The lowest BCUT2D eigenvalue weighted by atomic mass is 9.96. The summed E-state index contributed by atoms with van der Waals surface area (Å²) in [6.07, 6.45) is 0.760. The zero-order valence-electron chi connectivity index (χ0n) is 11.8.